The Kier molecular flexibility index (Phi) is 7.49. The summed E-state index contributed by atoms with van der Waals surface area (Å²) in [6.07, 6.45) is 5.70. The molecule has 0 aliphatic carbocycles. The van der Waals surface area contributed by atoms with Crippen LogP contribution < -0.4 is 10.6 Å². The minimum atomic E-state index is -0.484. The predicted molar refractivity (Wildman–Crippen MR) is 128 cm³/mol. The summed E-state index contributed by atoms with van der Waals surface area (Å²) in [7, 11) is 0. The van der Waals surface area contributed by atoms with Crippen molar-refractivity contribution >= 4 is 40.3 Å². The van der Waals surface area contributed by atoms with Crippen LogP contribution in [0.4, 0.5) is 5.69 Å². The van der Waals surface area contributed by atoms with Crippen molar-refractivity contribution in [1.29, 1.82) is 0 Å². The molecule has 174 valence electrons. The zero-order valence-corrected chi connectivity index (χ0v) is 19.4. The molecule has 0 saturated carbocycles. The monoisotopic (exact) mass is 468 g/mol. The van der Waals surface area contributed by atoms with E-state index in [2.05, 4.69) is 20.5 Å². The number of nitrogens with zero attached hydrogens (tertiary/aromatic N) is 2. The van der Waals surface area contributed by atoms with Gasteiger partial charge in [0.1, 0.15) is 11.0 Å². The summed E-state index contributed by atoms with van der Waals surface area (Å²) in [6.45, 7) is 3.75. The second-order valence-electron chi connectivity index (χ2n) is 8.37. The van der Waals surface area contributed by atoms with Crippen molar-refractivity contribution in [3.8, 4) is 0 Å². The number of nitrogens with one attached hydrogen (secondary N) is 2. The molecule has 33 heavy (non-hydrogen) atoms. The Morgan fingerprint density at radius 1 is 1.18 bits per heavy atom. The Balaban J connectivity index is 1.24. The lowest BCUT2D eigenvalue weighted by Crippen LogP contribution is -2.34. The summed E-state index contributed by atoms with van der Waals surface area (Å²) in [5, 5.41) is 6.00. The fourth-order valence-corrected chi connectivity index (χ4v) is 5.02. The van der Waals surface area contributed by atoms with E-state index in [1.807, 2.05) is 19.1 Å². The summed E-state index contributed by atoms with van der Waals surface area (Å²) in [5.74, 6) is 0.127. The zero-order valence-electron chi connectivity index (χ0n) is 18.6. The van der Waals surface area contributed by atoms with E-state index in [1.165, 1.54) is 18.2 Å². The number of aliphatic imine (C=N–C) groups is 1. The van der Waals surface area contributed by atoms with Crippen molar-refractivity contribution in [1.82, 2.24) is 10.2 Å². The predicted octanol–water partition coefficient (Wildman–Crippen LogP) is 3.45. The number of carbonyl (C=O) groups excluding carboxylic acids is 3. The molecule has 2 aromatic rings. The molecule has 8 nitrogen and oxygen atoms in total. The highest BCUT2D eigenvalue weighted by molar-refractivity contribution is 8.15. The summed E-state index contributed by atoms with van der Waals surface area (Å²) >= 11 is 1.38. The van der Waals surface area contributed by atoms with Gasteiger partial charge in [-0.15, -0.1) is 0 Å². The Morgan fingerprint density at radius 2 is 1.94 bits per heavy atom. The van der Waals surface area contributed by atoms with Gasteiger partial charge in [-0.25, -0.2) is 0 Å². The Labute approximate surface area is 197 Å². The average molecular weight is 469 g/mol. The second-order valence-corrected chi connectivity index (χ2v) is 9.54. The van der Waals surface area contributed by atoms with Crippen LogP contribution in [0.5, 0.6) is 0 Å². The molecule has 2 atom stereocenters. The number of benzene rings is 1. The van der Waals surface area contributed by atoms with Crippen LogP contribution in [0.15, 0.2) is 52.1 Å². The first kappa shape index (κ1) is 23.1. The van der Waals surface area contributed by atoms with Crippen LogP contribution >= 0.6 is 11.8 Å². The Morgan fingerprint density at radius 3 is 2.64 bits per heavy atom. The molecular formula is C24H28N4O4S. The standard InChI is InChI=1S/C24H28N4O4S/c1-16(14-19-6-5-13-32-19)25-22(30)17-7-9-18(10-8-17)26-21(29)15-20-23(31)27-24(33-20)28-11-3-2-4-12-28/h5-10,13,16,20H,2-4,11-12,14-15H2,1H3,(H,25,30)(H,26,29). The van der Waals surface area contributed by atoms with E-state index in [1.54, 1.807) is 30.5 Å². The van der Waals surface area contributed by atoms with Crippen molar-refractivity contribution in [2.75, 3.05) is 18.4 Å². The van der Waals surface area contributed by atoms with Gasteiger partial charge in [-0.05, 0) is 62.6 Å². The van der Waals surface area contributed by atoms with Crippen molar-refractivity contribution < 1.29 is 18.8 Å². The minimum Gasteiger partial charge on any atom is -0.469 e. The van der Waals surface area contributed by atoms with Gasteiger partial charge in [0.2, 0.25) is 5.91 Å². The molecular weight excluding hydrogens is 440 g/mol. The average Bonchev–Trinajstić information content (AvgIpc) is 3.44. The van der Waals surface area contributed by atoms with Crippen LogP contribution in [0.2, 0.25) is 0 Å². The number of amidine groups is 1. The Hall–Kier alpha value is -3.07. The maximum atomic E-state index is 12.5. The van der Waals surface area contributed by atoms with Gasteiger partial charge < -0.3 is 20.0 Å². The maximum Gasteiger partial charge on any atom is 0.262 e. The van der Waals surface area contributed by atoms with Crippen LogP contribution in [0.3, 0.4) is 0 Å². The van der Waals surface area contributed by atoms with Gasteiger partial charge in [0.25, 0.3) is 11.8 Å². The lowest BCUT2D eigenvalue weighted by Gasteiger charge is -2.27. The third-order valence-electron chi connectivity index (χ3n) is 5.62. The number of amides is 3. The molecule has 2 aliphatic rings. The molecule has 1 aromatic heterocycles. The van der Waals surface area contributed by atoms with Crippen LogP contribution in [0.25, 0.3) is 0 Å². The van der Waals surface area contributed by atoms with E-state index < -0.39 is 5.25 Å². The third-order valence-corrected chi connectivity index (χ3v) is 6.84. The van der Waals surface area contributed by atoms with Crippen LogP contribution in [0, 0.1) is 0 Å². The summed E-state index contributed by atoms with van der Waals surface area (Å²) < 4.78 is 5.31. The summed E-state index contributed by atoms with van der Waals surface area (Å²) in [6, 6.07) is 10.3. The van der Waals surface area contributed by atoms with Gasteiger partial charge in [-0.3, -0.25) is 14.4 Å². The molecule has 0 bridgehead atoms. The van der Waals surface area contributed by atoms with Crippen molar-refractivity contribution in [3.63, 3.8) is 0 Å². The molecule has 0 spiro atoms. The number of hydrogen-bond donors (Lipinski definition) is 2. The van der Waals surface area contributed by atoms with Crippen molar-refractivity contribution in [3.05, 3.63) is 54.0 Å². The smallest absolute Gasteiger partial charge is 0.262 e. The van der Waals surface area contributed by atoms with E-state index in [-0.39, 0.29) is 30.2 Å². The van der Waals surface area contributed by atoms with E-state index in [4.69, 9.17) is 4.42 Å². The third kappa shape index (κ3) is 6.25. The number of piperidine rings is 1. The number of thioether (sulfide) groups is 1. The van der Waals surface area contributed by atoms with Gasteiger partial charge in [0.05, 0.1) is 6.26 Å². The van der Waals surface area contributed by atoms with Crippen molar-refractivity contribution in [2.45, 2.75) is 50.3 Å². The fraction of sp³-hybridized carbons (Fsp3) is 0.417. The molecule has 2 N–H and O–H groups in total. The topological polar surface area (TPSA) is 104 Å². The molecule has 4 rings (SSSR count). The minimum absolute atomic E-state index is 0.0663. The van der Waals surface area contributed by atoms with Crippen LogP contribution in [-0.2, 0) is 16.0 Å². The summed E-state index contributed by atoms with van der Waals surface area (Å²) in [4.78, 5) is 43.5. The van der Waals surface area contributed by atoms with Gasteiger partial charge in [0, 0.05) is 43.2 Å². The number of likely N-dealkylation sites (tertiary alicyclic amines) is 1. The number of anilines is 1. The quantitative estimate of drug-likeness (QED) is 0.645. The first-order valence-electron chi connectivity index (χ1n) is 11.3. The number of rotatable bonds is 7. The molecule has 0 radical (unpaired) electrons. The van der Waals surface area contributed by atoms with Gasteiger partial charge in [-0.1, -0.05) is 11.8 Å². The molecule has 9 heteroatoms. The number of furan rings is 1. The molecule has 1 saturated heterocycles. The SMILES string of the molecule is CC(Cc1ccco1)NC(=O)c1ccc(NC(=O)CC2SC(N3CCCCC3)=NC2=O)cc1. The van der Waals surface area contributed by atoms with Crippen LogP contribution in [-0.4, -0.2) is 52.2 Å². The lowest BCUT2D eigenvalue weighted by atomic mass is 10.1. The molecule has 2 aliphatic heterocycles. The van der Waals surface area contributed by atoms with Gasteiger partial charge in [0.15, 0.2) is 5.17 Å². The molecule has 1 aromatic carbocycles. The van der Waals surface area contributed by atoms with E-state index in [9.17, 15) is 14.4 Å². The van der Waals surface area contributed by atoms with E-state index in [0.717, 1.165) is 36.9 Å². The van der Waals surface area contributed by atoms with Gasteiger partial charge >= 0.3 is 0 Å². The lowest BCUT2D eigenvalue weighted by molar-refractivity contribution is -0.121. The highest BCUT2D eigenvalue weighted by atomic mass is 32.2. The molecule has 3 heterocycles. The second kappa shape index (κ2) is 10.7. The number of carbonyl (C=O) groups is 3. The van der Waals surface area contributed by atoms with E-state index >= 15 is 0 Å². The largest absolute Gasteiger partial charge is 0.469 e. The van der Waals surface area contributed by atoms with Crippen LogP contribution in [0.1, 0.15) is 48.7 Å². The van der Waals surface area contributed by atoms with Crippen molar-refractivity contribution in [2.24, 2.45) is 4.99 Å². The zero-order chi connectivity index (χ0) is 23.2. The first-order chi connectivity index (χ1) is 16.0. The highest BCUT2D eigenvalue weighted by Gasteiger charge is 2.33. The molecule has 3 amide bonds. The van der Waals surface area contributed by atoms with Gasteiger partial charge in [-0.2, -0.15) is 4.99 Å². The highest BCUT2D eigenvalue weighted by Crippen LogP contribution is 2.29. The van der Waals surface area contributed by atoms with E-state index in [0.29, 0.717) is 17.7 Å². The molecule has 2 unspecified atom stereocenters. The fourth-order valence-electron chi connectivity index (χ4n) is 3.90. The summed E-state index contributed by atoms with van der Waals surface area (Å²) in [5.41, 5.74) is 1.08. The molecule has 1 fully saturated rings. The number of hydrogen-bond acceptors (Lipinski definition) is 6. The Bertz CT molecular complexity index is 1010. The maximum absolute atomic E-state index is 12.5. The normalized spacial score (nSPS) is 19.2. The first-order valence-corrected chi connectivity index (χ1v) is 12.1.